The van der Waals surface area contributed by atoms with E-state index in [0.29, 0.717) is 11.8 Å². The molecule has 0 N–H and O–H groups in total. The summed E-state index contributed by atoms with van der Waals surface area (Å²) in [6.07, 6.45) is 6.57. The normalized spacial score (nSPS) is 36.3. The Bertz CT molecular complexity index is 154. The first-order valence-corrected chi connectivity index (χ1v) is 5.28. The largest absolute Gasteiger partial charge is 0.303 e. The van der Waals surface area contributed by atoms with Crippen LogP contribution in [0, 0.1) is 11.3 Å². The molecule has 0 aliphatic heterocycles. The second kappa shape index (κ2) is 4.27. The minimum Gasteiger partial charge on any atom is -0.303 e. The highest BCUT2D eigenvalue weighted by Gasteiger charge is 2.33. The summed E-state index contributed by atoms with van der Waals surface area (Å²) in [5.41, 5.74) is -0.0700. The van der Waals surface area contributed by atoms with Gasteiger partial charge in [-0.25, -0.2) is 0 Å². The van der Waals surface area contributed by atoms with Crippen LogP contribution in [-0.2, 0) is 4.79 Å². The molecule has 12 heavy (non-hydrogen) atoms. The molecule has 1 aliphatic carbocycles. The molecular weight excluding hydrogens is 172 g/mol. The molecular formula is C10H17ClO. The van der Waals surface area contributed by atoms with E-state index in [1.54, 1.807) is 0 Å². The molecule has 0 saturated heterocycles. The van der Waals surface area contributed by atoms with Gasteiger partial charge in [0.05, 0.1) is 0 Å². The maximum atomic E-state index is 11.0. The van der Waals surface area contributed by atoms with Crippen LogP contribution in [0.15, 0.2) is 0 Å². The molecule has 0 bridgehead atoms. The molecule has 1 fully saturated rings. The van der Waals surface area contributed by atoms with Gasteiger partial charge in [-0.15, -0.1) is 11.6 Å². The van der Waals surface area contributed by atoms with Gasteiger partial charge in [0.25, 0.3) is 0 Å². The number of aldehydes is 1. The fourth-order valence-corrected chi connectivity index (χ4v) is 2.66. The smallest absolute Gasteiger partial charge is 0.126 e. The average Bonchev–Trinajstić information content (AvgIpc) is 2.05. The summed E-state index contributed by atoms with van der Waals surface area (Å²) in [6.45, 7) is 2.23. The Labute approximate surface area is 79.5 Å². The van der Waals surface area contributed by atoms with E-state index >= 15 is 0 Å². The third-order valence-corrected chi connectivity index (χ3v) is 3.16. The third-order valence-electron chi connectivity index (χ3n) is 2.97. The molecule has 2 atom stereocenters. The predicted octanol–water partition coefficient (Wildman–Crippen LogP) is 3.01. The van der Waals surface area contributed by atoms with E-state index in [4.69, 9.17) is 11.6 Å². The Balaban J connectivity index is 2.57. The van der Waals surface area contributed by atoms with E-state index < -0.39 is 0 Å². The van der Waals surface area contributed by atoms with Crippen LogP contribution in [0.25, 0.3) is 0 Å². The SMILES string of the molecule is CC1CCCC(C=O)(CCCl)C1. The van der Waals surface area contributed by atoms with Crippen LogP contribution in [0.5, 0.6) is 0 Å². The van der Waals surface area contributed by atoms with Crippen LogP contribution in [0.3, 0.4) is 0 Å². The Morgan fingerprint density at radius 1 is 1.67 bits per heavy atom. The summed E-state index contributed by atoms with van der Waals surface area (Å²) in [6, 6.07) is 0. The highest BCUT2D eigenvalue weighted by Crippen LogP contribution is 2.40. The van der Waals surface area contributed by atoms with Gasteiger partial charge in [-0.3, -0.25) is 0 Å². The van der Waals surface area contributed by atoms with Gasteiger partial charge in [-0.05, 0) is 25.2 Å². The zero-order valence-corrected chi connectivity index (χ0v) is 8.44. The molecule has 0 spiro atoms. The molecule has 2 heteroatoms. The molecule has 70 valence electrons. The quantitative estimate of drug-likeness (QED) is 0.492. The molecule has 1 aliphatic rings. The lowest BCUT2D eigenvalue weighted by atomic mass is 9.69. The van der Waals surface area contributed by atoms with E-state index in [-0.39, 0.29) is 5.41 Å². The number of carbonyl (C=O) groups excluding carboxylic acids is 1. The highest BCUT2D eigenvalue weighted by atomic mass is 35.5. The first-order chi connectivity index (χ1) is 5.72. The minimum atomic E-state index is -0.0700. The number of hydrogen-bond donors (Lipinski definition) is 0. The van der Waals surface area contributed by atoms with Crippen molar-refractivity contribution in [3.8, 4) is 0 Å². The van der Waals surface area contributed by atoms with Gasteiger partial charge in [-0.2, -0.15) is 0 Å². The summed E-state index contributed by atoms with van der Waals surface area (Å²) < 4.78 is 0. The standard InChI is InChI=1S/C10H17ClO/c1-9-3-2-4-10(7-9,8-12)5-6-11/h8-9H,2-7H2,1H3. The maximum Gasteiger partial charge on any atom is 0.126 e. The number of hydrogen-bond acceptors (Lipinski definition) is 1. The molecule has 0 radical (unpaired) electrons. The molecule has 1 rings (SSSR count). The predicted molar refractivity (Wildman–Crippen MR) is 51.5 cm³/mol. The number of halogens is 1. The highest BCUT2D eigenvalue weighted by molar-refractivity contribution is 6.17. The van der Waals surface area contributed by atoms with E-state index in [9.17, 15) is 4.79 Å². The molecule has 2 unspecified atom stereocenters. The Kier molecular flexibility index (Phi) is 3.57. The van der Waals surface area contributed by atoms with E-state index in [0.717, 1.165) is 25.5 Å². The summed E-state index contributed by atoms with van der Waals surface area (Å²) in [7, 11) is 0. The molecule has 0 amide bonds. The lowest BCUT2D eigenvalue weighted by Gasteiger charge is -2.35. The molecule has 0 aromatic heterocycles. The van der Waals surface area contributed by atoms with Gasteiger partial charge < -0.3 is 4.79 Å². The molecule has 1 saturated carbocycles. The zero-order chi connectivity index (χ0) is 9.03. The van der Waals surface area contributed by atoms with E-state index in [2.05, 4.69) is 6.92 Å². The van der Waals surface area contributed by atoms with Crippen molar-refractivity contribution >= 4 is 17.9 Å². The van der Waals surface area contributed by atoms with Gasteiger partial charge in [0, 0.05) is 11.3 Å². The molecule has 0 aromatic carbocycles. The molecule has 0 aromatic rings. The van der Waals surface area contributed by atoms with E-state index in [1.807, 2.05) is 0 Å². The van der Waals surface area contributed by atoms with Crippen molar-refractivity contribution in [2.24, 2.45) is 11.3 Å². The second-order valence-electron chi connectivity index (χ2n) is 4.12. The zero-order valence-electron chi connectivity index (χ0n) is 7.68. The van der Waals surface area contributed by atoms with Gasteiger partial charge in [0.15, 0.2) is 0 Å². The summed E-state index contributed by atoms with van der Waals surface area (Å²) in [4.78, 5) is 11.0. The summed E-state index contributed by atoms with van der Waals surface area (Å²) in [5.74, 6) is 1.32. The maximum absolute atomic E-state index is 11.0. The van der Waals surface area contributed by atoms with Crippen molar-refractivity contribution in [2.45, 2.75) is 39.0 Å². The van der Waals surface area contributed by atoms with Crippen LogP contribution in [-0.4, -0.2) is 12.2 Å². The third kappa shape index (κ3) is 2.22. The Morgan fingerprint density at radius 3 is 2.92 bits per heavy atom. The van der Waals surface area contributed by atoms with Crippen LogP contribution in [0.1, 0.15) is 39.0 Å². The molecule has 0 heterocycles. The van der Waals surface area contributed by atoms with E-state index in [1.165, 1.54) is 12.8 Å². The van der Waals surface area contributed by atoms with Crippen LogP contribution in [0.2, 0.25) is 0 Å². The monoisotopic (exact) mass is 188 g/mol. The van der Waals surface area contributed by atoms with Crippen molar-refractivity contribution in [3.63, 3.8) is 0 Å². The molecule has 1 nitrogen and oxygen atoms in total. The number of carbonyl (C=O) groups is 1. The Morgan fingerprint density at radius 2 is 2.42 bits per heavy atom. The second-order valence-corrected chi connectivity index (χ2v) is 4.50. The summed E-state index contributed by atoms with van der Waals surface area (Å²) in [5, 5.41) is 0. The lowest BCUT2D eigenvalue weighted by molar-refractivity contribution is -0.118. The van der Waals surface area contributed by atoms with Gasteiger partial charge in [0.1, 0.15) is 6.29 Å². The van der Waals surface area contributed by atoms with Gasteiger partial charge in [0.2, 0.25) is 0 Å². The van der Waals surface area contributed by atoms with Crippen molar-refractivity contribution < 1.29 is 4.79 Å². The fraction of sp³-hybridized carbons (Fsp3) is 0.900. The Hall–Kier alpha value is -0.0400. The van der Waals surface area contributed by atoms with Crippen LogP contribution >= 0.6 is 11.6 Å². The number of rotatable bonds is 3. The lowest BCUT2D eigenvalue weighted by Crippen LogP contribution is -2.29. The average molecular weight is 189 g/mol. The van der Waals surface area contributed by atoms with Crippen molar-refractivity contribution in [1.29, 1.82) is 0 Å². The van der Waals surface area contributed by atoms with Crippen molar-refractivity contribution in [3.05, 3.63) is 0 Å². The first-order valence-electron chi connectivity index (χ1n) is 4.75. The fourth-order valence-electron chi connectivity index (χ4n) is 2.28. The van der Waals surface area contributed by atoms with Gasteiger partial charge >= 0.3 is 0 Å². The van der Waals surface area contributed by atoms with Crippen molar-refractivity contribution in [2.75, 3.05) is 5.88 Å². The van der Waals surface area contributed by atoms with Gasteiger partial charge in [-0.1, -0.05) is 19.8 Å². The van der Waals surface area contributed by atoms with Crippen LogP contribution < -0.4 is 0 Å². The van der Waals surface area contributed by atoms with Crippen LogP contribution in [0.4, 0.5) is 0 Å². The van der Waals surface area contributed by atoms with Crippen molar-refractivity contribution in [1.82, 2.24) is 0 Å². The minimum absolute atomic E-state index is 0.0700. The topological polar surface area (TPSA) is 17.1 Å². The first kappa shape index (κ1) is 10.0. The summed E-state index contributed by atoms with van der Waals surface area (Å²) >= 11 is 5.69. The number of alkyl halides is 1.